The van der Waals surface area contributed by atoms with E-state index in [1.54, 1.807) is 6.92 Å². The molecule has 8 heteroatoms. The number of thiophene rings is 1. The lowest BCUT2D eigenvalue weighted by atomic mass is 10.1. The quantitative estimate of drug-likeness (QED) is 0.760. The minimum absolute atomic E-state index is 0.128. The number of hydrogen-bond donors (Lipinski definition) is 1. The smallest absolute Gasteiger partial charge is 0.348 e. The SMILES string of the molecule is COC(=O)c1sc(NC(=O)COc2cc(C)ccc2C)c(C(=O)OC)c1C. The predicted octanol–water partition coefficient (Wildman–Crippen LogP) is 3.26. The Bertz CT molecular complexity index is 887. The van der Waals surface area contributed by atoms with E-state index in [1.807, 2.05) is 32.0 Å². The van der Waals surface area contributed by atoms with Gasteiger partial charge in [0, 0.05) is 0 Å². The summed E-state index contributed by atoms with van der Waals surface area (Å²) in [5, 5.41) is 2.83. The molecular formula is C19H21NO6S. The molecule has 1 amide bonds. The van der Waals surface area contributed by atoms with Crippen LogP contribution in [0.1, 0.15) is 36.7 Å². The van der Waals surface area contributed by atoms with Crippen molar-refractivity contribution >= 4 is 34.2 Å². The summed E-state index contributed by atoms with van der Waals surface area (Å²) >= 11 is 0.955. The lowest BCUT2D eigenvalue weighted by Gasteiger charge is -2.10. The summed E-state index contributed by atoms with van der Waals surface area (Å²) in [5.74, 6) is -1.09. The minimum Gasteiger partial charge on any atom is -0.483 e. The van der Waals surface area contributed by atoms with Gasteiger partial charge in [0.1, 0.15) is 15.6 Å². The average Bonchev–Trinajstić information content (AvgIpc) is 2.97. The third-order valence-corrected chi connectivity index (χ3v) is 5.05. The van der Waals surface area contributed by atoms with Gasteiger partial charge in [-0.15, -0.1) is 11.3 Å². The van der Waals surface area contributed by atoms with Gasteiger partial charge in [0.05, 0.1) is 19.8 Å². The van der Waals surface area contributed by atoms with Crippen LogP contribution < -0.4 is 10.1 Å². The largest absolute Gasteiger partial charge is 0.483 e. The van der Waals surface area contributed by atoms with Gasteiger partial charge in [0.25, 0.3) is 5.91 Å². The Hall–Kier alpha value is -2.87. The number of esters is 2. The molecule has 0 fully saturated rings. The number of amides is 1. The molecule has 0 saturated carbocycles. The second-order valence-corrected chi connectivity index (χ2v) is 6.87. The Morgan fingerprint density at radius 2 is 1.70 bits per heavy atom. The molecule has 1 heterocycles. The lowest BCUT2D eigenvalue weighted by molar-refractivity contribution is -0.118. The molecule has 0 radical (unpaired) electrons. The van der Waals surface area contributed by atoms with E-state index in [9.17, 15) is 14.4 Å². The summed E-state index contributed by atoms with van der Waals surface area (Å²) in [4.78, 5) is 36.5. The fourth-order valence-electron chi connectivity index (χ4n) is 2.41. The molecule has 27 heavy (non-hydrogen) atoms. The highest BCUT2D eigenvalue weighted by atomic mass is 32.1. The molecule has 0 saturated heterocycles. The number of ether oxygens (including phenoxy) is 3. The average molecular weight is 391 g/mol. The van der Waals surface area contributed by atoms with Gasteiger partial charge >= 0.3 is 11.9 Å². The Morgan fingerprint density at radius 3 is 2.33 bits per heavy atom. The highest BCUT2D eigenvalue weighted by molar-refractivity contribution is 7.18. The van der Waals surface area contributed by atoms with E-state index < -0.39 is 17.8 Å². The molecule has 2 rings (SSSR count). The molecule has 0 aliphatic carbocycles. The first-order chi connectivity index (χ1) is 12.8. The van der Waals surface area contributed by atoms with Crippen LogP contribution in [0.4, 0.5) is 5.00 Å². The van der Waals surface area contributed by atoms with E-state index in [1.165, 1.54) is 14.2 Å². The van der Waals surface area contributed by atoms with Crippen LogP contribution in [-0.4, -0.2) is 38.7 Å². The Labute approximate surface area is 161 Å². The van der Waals surface area contributed by atoms with Crippen molar-refractivity contribution in [2.45, 2.75) is 20.8 Å². The van der Waals surface area contributed by atoms with Crippen LogP contribution in [0, 0.1) is 20.8 Å². The second-order valence-electron chi connectivity index (χ2n) is 5.85. The maximum atomic E-state index is 12.3. The monoisotopic (exact) mass is 391 g/mol. The lowest BCUT2D eigenvalue weighted by Crippen LogP contribution is -2.21. The first-order valence-electron chi connectivity index (χ1n) is 8.08. The number of carbonyl (C=O) groups is 3. The molecule has 0 aliphatic heterocycles. The number of benzene rings is 1. The Morgan fingerprint density at radius 1 is 1.04 bits per heavy atom. The highest BCUT2D eigenvalue weighted by Crippen LogP contribution is 2.34. The molecule has 0 aliphatic rings. The first kappa shape index (κ1) is 20.4. The van der Waals surface area contributed by atoms with Gasteiger partial charge in [-0.1, -0.05) is 12.1 Å². The number of carbonyl (C=O) groups excluding carboxylic acids is 3. The number of hydrogen-bond acceptors (Lipinski definition) is 7. The summed E-state index contributed by atoms with van der Waals surface area (Å²) < 4.78 is 15.0. The van der Waals surface area contributed by atoms with Crippen LogP contribution >= 0.6 is 11.3 Å². The fourth-order valence-corrected chi connectivity index (χ4v) is 3.53. The molecule has 0 bridgehead atoms. The number of anilines is 1. The highest BCUT2D eigenvalue weighted by Gasteiger charge is 2.26. The van der Waals surface area contributed by atoms with Crippen molar-refractivity contribution in [1.82, 2.24) is 0 Å². The fraction of sp³-hybridized carbons (Fsp3) is 0.316. The Balaban J connectivity index is 2.20. The van der Waals surface area contributed by atoms with Crippen molar-refractivity contribution in [3.8, 4) is 5.75 Å². The summed E-state index contributed by atoms with van der Waals surface area (Å²) in [6, 6.07) is 5.70. The molecule has 1 N–H and O–H groups in total. The van der Waals surface area contributed by atoms with E-state index in [-0.39, 0.29) is 22.0 Å². The zero-order chi connectivity index (χ0) is 20.1. The van der Waals surface area contributed by atoms with Crippen LogP contribution in [-0.2, 0) is 14.3 Å². The van der Waals surface area contributed by atoms with Crippen molar-refractivity contribution in [2.24, 2.45) is 0 Å². The molecule has 7 nitrogen and oxygen atoms in total. The minimum atomic E-state index is -0.648. The molecular weight excluding hydrogens is 370 g/mol. The summed E-state index contributed by atoms with van der Waals surface area (Å²) in [6.45, 7) is 5.16. The zero-order valence-electron chi connectivity index (χ0n) is 15.8. The van der Waals surface area contributed by atoms with E-state index in [0.717, 1.165) is 22.5 Å². The molecule has 0 spiro atoms. The molecule has 144 valence electrons. The number of aryl methyl sites for hydroxylation is 2. The first-order valence-corrected chi connectivity index (χ1v) is 8.90. The normalized spacial score (nSPS) is 10.3. The molecule has 2 aromatic rings. The van der Waals surface area contributed by atoms with Gasteiger partial charge in [0.15, 0.2) is 6.61 Å². The van der Waals surface area contributed by atoms with E-state index in [0.29, 0.717) is 11.3 Å². The maximum absolute atomic E-state index is 12.3. The number of nitrogens with one attached hydrogen (secondary N) is 1. The van der Waals surface area contributed by atoms with Crippen molar-refractivity contribution in [3.05, 3.63) is 45.3 Å². The molecule has 1 aromatic carbocycles. The van der Waals surface area contributed by atoms with E-state index in [2.05, 4.69) is 5.32 Å². The summed E-state index contributed by atoms with van der Waals surface area (Å²) in [6.07, 6.45) is 0. The van der Waals surface area contributed by atoms with Gasteiger partial charge in [-0.05, 0) is 43.5 Å². The molecule has 0 unspecified atom stereocenters. The zero-order valence-corrected chi connectivity index (χ0v) is 16.6. The van der Waals surface area contributed by atoms with Crippen molar-refractivity contribution < 1.29 is 28.6 Å². The standard InChI is InChI=1S/C19H21NO6S/c1-10-6-7-11(2)13(8-10)26-9-14(21)20-17-15(18(22)24-4)12(3)16(27-17)19(23)25-5/h6-8H,9H2,1-5H3,(H,20,21). The summed E-state index contributed by atoms with van der Waals surface area (Å²) in [7, 11) is 2.47. The summed E-state index contributed by atoms with van der Waals surface area (Å²) in [5.41, 5.74) is 2.44. The number of methoxy groups -OCH3 is 2. The third-order valence-electron chi connectivity index (χ3n) is 3.86. The van der Waals surface area contributed by atoms with E-state index >= 15 is 0 Å². The van der Waals surface area contributed by atoms with Gasteiger partial charge in [0.2, 0.25) is 0 Å². The third kappa shape index (κ3) is 4.65. The van der Waals surface area contributed by atoms with Crippen LogP contribution in [0.5, 0.6) is 5.75 Å². The topological polar surface area (TPSA) is 90.9 Å². The van der Waals surface area contributed by atoms with Gasteiger partial charge in [-0.3, -0.25) is 4.79 Å². The number of rotatable bonds is 6. The van der Waals surface area contributed by atoms with Crippen molar-refractivity contribution in [3.63, 3.8) is 0 Å². The van der Waals surface area contributed by atoms with Crippen LogP contribution in [0.2, 0.25) is 0 Å². The van der Waals surface area contributed by atoms with Crippen LogP contribution in [0.25, 0.3) is 0 Å². The molecule has 0 atom stereocenters. The molecule has 1 aromatic heterocycles. The van der Waals surface area contributed by atoms with Gasteiger partial charge in [-0.25, -0.2) is 9.59 Å². The predicted molar refractivity (Wildman–Crippen MR) is 102 cm³/mol. The van der Waals surface area contributed by atoms with Gasteiger partial charge in [-0.2, -0.15) is 0 Å². The van der Waals surface area contributed by atoms with Crippen LogP contribution in [0.3, 0.4) is 0 Å². The van der Waals surface area contributed by atoms with E-state index in [4.69, 9.17) is 14.2 Å². The van der Waals surface area contributed by atoms with Crippen molar-refractivity contribution in [2.75, 3.05) is 26.1 Å². The van der Waals surface area contributed by atoms with Crippen molar-refractivity contribution in [1.29, 1.82) is 0 Å². The Kier molecular flexibility index (Phi) is 6.57. The van der Waals surface area contributed by atoms with Crippen LogP contribution in [0.15, 0.2) is 18.2 Å². The maximum Gasteiger partial charge on any atom is 0.348 e. The van der Waals surface area contributed by atoms with Gasteiger partial charge < -0.3 is 19.5 Å². The second kappa shape index (κ2) is 8.68.